The lowest BCUT2D eigenvalue weighted by atomic mass is 10.1. The number of aliphatic hydroxyl groups excluding tert-OH is 1. The summed E-state index contributed by atoms with van der Waals surface area (Å²) in [4.78, 5) is 5.25. The van der Waals surface area contributed by atoms with Gasteiger partial charge in [-0.25, -0.2) is 0 Å². The van der Waals surface area contributed by atoms with Crippen molar-refractivity contribution in [3.8, 4) is 0 Å². The molecule has 2 heterocycles. The van der Waals surface area contributed by atoms with Gasteiger partial charge in [0.1, 0.15) is 0 Å². The number of thiophene rings is 1. The molecule has 2 aromatic heterocycles. The molecule has 0 saturated carbocycles. The second-order valence-corrected chi connectivity index (χ2v) is 4.53. The molecule has 78 valence electrons. The number of aliphatic hydroxyl groups is 1. The summed E-state index contributed by atoms with van der Waals surface area (Å²) in [5.74, 6) is 0. The Balaban J connectivity index is 1.90. The van der Waals surface area contributed by atoms with E-state index >= 15 is 0 Å². The highest BCUT2D eigenvalue weighted by Gasteiger charge is 2.07. The molecule has 3 heteroatoms. The normalized spacial score (nSPS) is 12.6. The maximum atomic E-state index is 9.85. The zero-order valence-electron chi connectivity index (χ0n) is 8.34. The lowest BCUT2D eigenvalue weighted by Gasteiger charge is -2.08. The molecule has 1 unspecified atom stereocenters. The van der Waals surface area contributed by atoms with E-state index in [4.69, 9.17) is 0 Å². The van der Waals surface area contributed by atoms with Crippen molar-refractivity contribution in [1.82, 2.24) is 4.98 Å². The predicted molar refractivity (Wildman–Crippen MR) is 62.0 cm³/mol. The first-order chi connectivity index (χ1) is 7.34. The maximum Gasteiger partial charge on any atom is 0.0629 e. The monoisotopic (exact) mass is 219 g/mol. The van der Waals surface area contributed by atoms with Crippen LogP contribution in [0.15, 0.2) is 42.0 Å². The average molecular weight is 219 g/mol. The Labute approximate surface area is 93.2 Å². The molecule has 0 aromatic carbocycles. The third-order valence-corrected chi connectivity index (χ3v) is 3.11. The summed E-state index contributed by atoms with van der Waals surface area (Å²) in [6.45, 7) is 0. The van der Waals surface area contributed by atoms with Crippen LogP contribution in [0.4, 0.5) is 0 Å². The molecule has 2 aromatic rings. The summed E-state index contributed by atoms with van der Waals surface area (Å²) in [5.41, 5.74) is 1.08. The van der Waals surface area contributed by atoms with Gasteiger partial charge in [0, 0.05) is 30.1 Å². The summed E-state index contributed by atoms with van der Waals surface area (Å²) >= 11 is 1.69. The molecule has 15 heavy (non-hydrogen) atoms. The second kappa shape index (κ2) is 5.05. The zero-order chi connectivity index (χ0) is 10.5. The van der Waals surface area contributed by atoms with Crippen molar-refractivity contribution in [3.63, 3.8) is 0 Å². The molecule has 0 aliphatic rings. The second-order valence-electron chi connectivity index (χ2n) is 3.50. The van der Waals surface area contributed by atoms with E-state index in [9.17, 15) is 5.11 Å². The summed E-state index contributed by atoms with van der Waals surface area (Å²) in [6, 6.07) is 7.95. The number of hydrogen-bond donors (Lipinski definition) is 1. The first-order valence-electron chi connectivity index (χ1n) is 4.94. The molecular formula is C12H13NOS. The molecule has 0 radical (unpaired) electrons. The van der Waals surface area contributed by atoms with Gasteiger partial charge in [0.2, 0.25) is 0 Å². The van der Waals surface area contributed by atoms with Crippen LogP contribution in [0.1, 0.15) is 10.4 Å². The van der Waals surface area contributed by atoms with Crippen LogP contribution in [0, 0.1) is 0 Å². The largest absolute Gasteiger partial charge is 0.392 e. The molecular weight excluding hydrogens is 206 g/mol. The van der Waals surface area contributed by atoms with Crippen molar-refractivity contribution in [2.45, 2.75) is 18.9 Å². The van der Waals surface area contributed by atoms with Gasteiger partial charge in [0.05, 0.1) is 6.10 Å². The van der Waals surface area contributed by atoms with Crippen molar-refractivity contribution >= 4 is 11.3 Å². The molecule has 2 rings (SSSR count). The SMILES string of the molecule is OC(Cc1cccnc1)Cc1cccs1. The first kappa shape index (κ1) is 10.3. The minimum Gasteiger partial charge on any atom is -0.392 e. The topological polar surface area (TPSA) is 33.1 Å². The third kappa shape index (κ3) is 3.15. The third-order valence-electron chi connectivity index (χ3n) is 2.21. The molecule has 0 bridgehead atoms. The Morgan fingerprint density at radius 1 is 1.27 bits per heavy atom. The van der Waals surface area contributed by atoms with Crippen molar-refractivity contribution in [1.29, 1.82) is 0 Å². The van der Waals surface area contributed by atoms with E-state index in [0.717, 1.165) is 12.0 Å². The minimum absolute atomic E-state index is 0.312. The lowest BCUT2D eigenvalue weighted by Crippen LogP contribution is -2.13. The Kier molecular flexibility index (Phi) is 3.48. The van der Waals surface area contributed by atoms with Crippen LogP contribution in [0.2, 0.25) is 0 Å². The summed E-state index contributed by atoms with van der Waals surface area (Å²) in [5, 5.41) is 11.9. The molecule has 0 spiro atoms. The van der Waals surface area contributed by atoms with E-state index in [1.807, 2.05) is 23.6 Å². The Morgan fingerprint density at radius 3 is 2.87 bits per heavy atom. The van der Waals surface area contributed by atoms with E-state index in [-0.39, 0.29) is 6.10 Å². The van der Waals surface area contributed by atoms with Crippen LogP contribution in [0.25, 0.3) is 0 Å². The lowest BCUT2D eigenvalue weighted by molar-refractivity contribution is 0.176. The van der Waals surface area contributed by atoms with Crippen LogP contribution < -0.4 is 0 Å². The fourth-order valence-electron chi connectivity index (χ4n) is 1.52. The first-order valence-corrected chi connectivity index (χ1v) is 5.82. The highest BCUT2D eigenvalue weighted by Crippen LogP contribution is 2.13. The van der Waals surface area contributed by atoms with Gasteiger partial charge in [-0.15, -0.1) is 11.3 Å². The van der Waals surface area contributed by atoms with Gasteiger partial charge >= 0.3 is 0 Å². The minimum atomic E-state index is -0.312. The molecule has 1 N–H and O–H groups in total. The number of rotatable bonds is 4. The van der Waals surface area contributed by atoms with E-state index in [1.165, 1.54) is 4.88 Å². The van der Waals surface area contributed by atoms with Crippen molar-refractivity contribution in [2.75, 3.05) is 0 Å². The molecule has 1 atom stereocenters. The summed E-state index contributed by atoms with van der Waals surface area (Å²) in [7, 11) is 0. The smallest absolute Gasteiger partial charge is 0.0629 e. The van der Waals surface area contributed by atoms with E-state index in [2.05, 4.69) is 11.1 Å². The van der Waals surface area contributed by atoms with Gasteiger partial charge in [-0.3, -0.25) is 4.98 Å². The molecule has 0 amide bonds. The number of aromatic nitrogens is 1. The Morgan fingerprint density at radius 2 is 2.20 bits per heavy atom. The number of pyridine rings is 1. The zero-order valence-corrected chi connectivity index (χ0v) is 9.15. The quantitative estimate of drug-likeness (QED) is 0.856. The standard InChI is InChI=1S/C12H13NOS/c14-11(8-12-4-2-6-15-12)7-10-3-1-5-13-9-10/h1-6,9,11,14H,7-8H2. The number of nitrogens with zero attached hydrogens (tertiary/aromatic N) is 1. The highest BCUT2D eigenvalue weighted by molar-refractivity contribution is 7.09. The molecule has 0 saturated heterocycles. The van der Waals surface area contributed by atoms with E-state index < -0.39 is 0 Å². The van der Waals surface area contributed by atoms with Crippen molar-refractivity contribution in [3.05, 3.63) is 52.5 Å². The fourth-order valence-corrected chi connectivity index (χ4v) is 2.30. The van der Waals surface area contributed by atoms with Gasteiger partial charge in [0.15, 0.2) is 0 Å². The van der Waals surface area contributed by atoms with Crippen LogP contribution in [-0.4, -0.2) is 16.2 Å². The van der Waals surface area contributed by atoms with Crippen LogP contribution in [0.3, 0.4) is 0 Å². The fraction of sp³-hybridized carbons (Fsp3) is 0.250. The van der Waals surface area contributed by atoms with Gasteiger partial charge in [-0.2, -0.15) is 0 Å². The maximum absolute atomic E-state index is 9.85. The van der Waals surface area contributed by atoms with Gasteiger partial charge in [-0.05, 0) is 23.1 Å². The van der Waals surface area contributed by atoms with Crippen LogP contribution in [0.5, 0.6) is 0 Å². The van der Waals surface area contributed by atoms with E-state index in [1.54, 1.807) is 23.7 Å². The molecule has 0 fully saturated rings. The van der Waals surface area contributed by atoms with Crippen molar-refractivity contribution < 1.29 is 5.11 Å². The van der Waals surface area contributed by atoms with Gasteiger partial charge < -0.3 is 5.11 Å². The highest BCUT2D eigenvalue weighted by atomic mass is 32.1. The van der Waals surface area contributed by atoms with Crippen molar-refractivity contribution in [2.24, 2.45) is 0 Å². The summed E-state index contributed by atoms with van der Waals surface area (Å²) < 4.78 is 0. The Bertz CT molecular complexity index is 385. The molecule has 2 nitrogen and oxygen atoms in total. The average Bonchev–Trinajstić information content (AvgIpc) is 2.71. The Hall–Kier alpha value is -1.19. The summed E-state index contributed by atoms with van der Waals surface area (Å²) in [6.07, 6.45) is 4.64. The predicted octanol–water partition coefficient (Wildman–Crippen LogP) is 2.29. The van der Waals surface area contributed by atoms with Gasteiger partial charge in [0.25, 0.3) is 0 Å². The number of hydrogen-bond acceptors (Lipinski definition) is 3. The molecule has 0 aliphatic carbocycles. The van der Waals surface area contributed by atoms with Gasteiger partial charge in [-0.1, -0.05) is 12.1 Å². The molecule has 0 aliphatic heterocycles. The van der Waals surface area contributed by atoms with Crippen LogP contribution >= 0.6 is 11.3 Å². The van der Waals surface area contributed by atoms with E-state index in [0.29, 0.717) is 6.42 Å². The van der Waals surface area contributed by atoms with Crippen LogP contribution in [-0.2, 0) is 12.8 Å².